The molecule has 100 valence electrons. The van der Waals surface area contributed by atoms with Crippen LogP contribution in [0.5, 0.6) is 0 Å². The fraction of sp³-hybridized carbons (Fsp3) is 0.600. The lowest BCUT2D eigenvalue weighted by atomic mass is 10.0. The summed E-state index contributed by atoms with van der Waals surface area (Å²) >= 11 is 0. The maximum Gasteiger partial charge on any atom is 0.0826 e. The topological polar surface area (TPSA) is 24.5 Å². The number of nitrogens with zero attached hydrogens (tertiary/aromatic N) is 1. The Labute approximate surface area is 110 Å². The Kier molecular flexibility index (Phi) is 4.75. The van der Waals surface area contributed by atoms with Crippen molar-refractivity contribution in [2.45, 2.75) is 26.0 Å². The SMILES string of the molecule is Cc1ccccc1C(C)NCC1CN(C)CCO1. The van der Waals surface area contributed by atoms with Gasteiger partial charge in [0.1, 0.15) is 0 Å². The van der Waals surface area contributed by atoms with E-state index in [1.807, 2.05) is 0 Å². The van der Waals surface area contributed by atoms with Gasteiger partial charge in [0.2, 0.25) is 0 Å². The van der Waals surface area contributed by atoms with Gasteiger partial charge in [-0.15, -0.1) is 0 Å². The predicted molar refractivity (Wildman–Crippen MR) is 74.8 cm³/mol. The fourth-order valence-electron chi connectivity index (χ4n) is 2.48. The number of morpholine rings is 1. The molecular weight excluding hydrogens is 224 g/mol. The van der Waals surface area contributed by atoms with Crippen molar-refractivity contribution < 1.29 is 4.74 Å². The first kappa shape index (κ1) is 13.5. The van der Waals surface area contributed by atoms with Crippen LogP contribution in [0.15, 0.2) is 24.3 Å². The first-order chi connectivity index (χ1) is 8.66. The van der Waals surface area contributed by atoms with E-state index in [4.69, 9.17) is 4.74 Å². The molecule has 0 saturated carbocycles. The van der Waals surface area contributed by atoms with Crippen LogP contribution in [0.4, 0.5) is 0 Å². The Morgan fingerprint density at radius 3 is 2.94 bits per heavy atom. The zero-order valence-corrected chi connectivity index (χ0v) is 11.6. The van der Waals surface area contributed by atoms with Crippen molar-refractivity contribution in [2.24, 2.45) is 0 Å². The summed E-state index contributed by atoms with van der Waals surface area (Å²) in [4.78, 5) is 2.33. The Hall–Kier alpha value is -0.900. The highest BCUT2D eigenvalue weighted by molar-refractivity contribution is 5.28. The molecule has 1 N–H and O–H groups in total. The van der Waals surface area contributed by atoms with Crippen LogP contribution in [0.25, 0.3) is 0 Å². The molecule has 1 saturated heterocycles. The van der Waals surface area contributed by atoms with E-state index < -0.39 is 0 Å². The van der Waals surface area contributed by atoms with E-state index in [9.17, 15) is 0 Å². The van der Waals surface area contributed by atoms with Crippen LogP contribution in [0.2, 0.25) is 0 Å². The van der Waals surface area contributed by atoms with Crippen LogP contribution in [0, 0.1) is 6.92 Å². The third-order valence-corrected chi connectivity index (χ3v) is 3.65. The predicted octanol–water partition coefficient (Wildman–Crippen LogP) is 1.98. The van der Waals surface area contributed by atoms with Gasteiger partial charge in [-0.2, -0.15) is 0 Å². The van der Waals surface area contributed by atoms with Crippen molar-refractivity contribution in [3.05, 3.63) is 35.4 Å². The van der Waals surface area contributed by atoms with Gasteiger partial charge in [-0.25, -0.2) is 0 Å². The molecule has 2 atom stereocenters. The minimum Gasteiger partial charge on any atom is -0.374 e. The molecule has 0 aliphatic carbocycles. The van der Waals surface area contributed by atoms with E-state index in [0.29, 0.717) is 12.1 Å². The van der Waals surface area contributed by atoms with E-state index in [-0.39, 0.29) is 0 Å². The molecule has 1 aromatic carbocycles. The molecule has 18 heavy (non-hydrogen) atoms. The standard InChI is InChI=1S/C15H24N2O/c1-12-6-4-5-7-15(12)13(2)16-10-14-11-17(3)8-9-18-14/h4-7,13-14,16H,8-11H2,1-3H3. The molecule has 1 aromatic rings. The molecule has 2 unspecified atom stereocenters. The Morgan fingerprint density at radius 1 is 1.44 bits per heavy atom. The molecule has 1 aliphatic rings. The van der Waals surface area contributed by atoms with Crippen molar-refractivity contribution in [3.63, 3.8) is 0 Å². The van der Waals surface area contributed by atoms with Crippen LogP contribution in [0.1, 0.15) is 24.1 Å². The monoisotopic (exact) mass is 248 g/mol. The average Bonchev–Trinajstić information content (AvgIpc) is 2.37. The van der Waals surface area contributed by atoms with E-state index in [2.05, 4.69) is 55.4 Å². The third kappa shape index (κ3) is 3.55. The van der Waals surface area contributed by atoms with Gasteiger partial charge >= 0.3 is 0 Å². The van der Waals surface area contributed by atoms with Gasteiger partial charge in [0, 0.05) is 25.7 Å². The minimum absolute atomic E-state index is 0.315. The smallest absolute Gasteiger partial charge is 0.0826 e. The molecule has 3 nitrogen and oxygen atoms in total. The molecule has 0 bridgehead atoms. The second-order valence-corrected chi connectivity index (χ2v) is 5.24. The van der Waals surface area contributed by atoms with Gasteiger partial charge in [-0.3, -0.25) is 0 Å². The lowest BCUT2D eigenvalue weighted by Crippen LogP contribution is -2.45. The number of aryl methyl sites for hydroxylation is 1. The summed E-state index contributed by atoms with van der Waals surface area (Å²) in [6.07, 6.45) is 0.315. The summed E-state index contributed by atoms with van der Waals surface area (Å²) < 4.78 is 5.76. The van der Waals surface area contributed by atoms with Crippen molar-refractivity contribution in [3.8, 4) is 0 Å². The molecule has 0 aromatic heterocycles. The molecule has 2 rings (SSSR count). The normalized spacial score (nSPS) is 22.9. The summed E-state index contributed by atoms with van der Waals surface area (Å²) in [5, 5.41) is 3.58. The highest BCUT2D eigenvalue weighted by Crippen LogP contribution is 2.16. The Balaban J connectivity index is 1.84. The summed E-state index contributed by atoms with van der Waals surface area (Å²) in [6, 6.07) is 8.93. The maximum absolute atomic E-state index is 5.76. The summed E-state index contributed by atoms with van der Waals surface area (Å²) in [5.41, 5.74) is 2.72. The van der Waals surface area contributed by atoms with Crippen molar-refractivity contribution >= 4 is 0 Å². The summed E-state index contributed by atoms with van der Waals surface area (Å²) in [6.45, 7) is 8.21. The molecule has 0 amide bonds. The molecular formula is C15H24N2O. The number of ether oxygens (including phenoxy) is 1. The fourth-order valence-corrected chi connectivity index (χ4v) is 2.48. The molecule has 1 heterocycles. The van der Waals surface area contributed by atoms with Gasteiger partial charge in [0.25, 0.3) is 0 Å². The van der Waals surface area contributed by atoms with E-state index in [0.717, 1.165) is 26.2 Å². The zero-order valence-electron chi connectivity index (χ0n) is 11.6. The lowest BCUT2D eigenvalue weighted by Gasteiger charge is -2.31. The molecule has 0 spiro atoms. The second kappa shape index (κ2) is 6.32. The third-order valence-electron chi connectivity index (χ3n) is 3.65. The van der Waals surface area contributed by atoms with Gasteiger partial charge in [-0.05, 0) is 32.0 Å². The molecule has 0 radical (unpaired) electrons. The molecule has 3 heteroatoms. The number of rotatable bonds is 4. The molecule has 1 aliphatic heterocycles. The highest BCUT2D eigenvalue weighted by Gasteiger charge is 2.18. The van der Waals surface area contributed by atoms with Crippen LogP contribution in [-0.2, 0) is 4.74 Å². The lowest BCUT2D eigenvalue weighted by molar-refractivity contribution is -0.0191. The number of hydrogen-bond acceptors (Lipinski definition) is 3. The number of hydrogen-bond donors (Lipinski definition) is 1. The van der Waals surface area contributed by atoms with Gasteiger partial charge in [-0.1, -0.05) is 24.3 Å². The van der Waals surface area contributed by atoms with Crippen molar-refractivity contribution in [2.75, 3.05) is 33.3 Å². The highest BCUT2D eigenvalue weighted by atomic mass is 16.5. The van der Waals surface area contributed by atoms with Gasteiger partial charge in [0.05, 0.1) is 12.7 Å². The first-order valence-electron chi connectivity index (χ1n) is 6.76. The van der Waals surface area contributed by atoms with Crippen molar-refractivity contribution in [1.29, 1.82) is 0 Å². The molecule has 1 fully saturated rings. The van der Waals surface area contributed by atoms with Crippen LogP contribution in [0.3, 0.4) is 0 Å². The van der Waals surface area contributed by atoms with E-state index in [1.165, 1.54) is 11.1 Å². The Bertz CT molecular complexity index is 381. The second-order valence-electron chi connectivity index (χ2n) is 5.24. The number of benzene rings is 1. The van der Waals surface area contributed by atoms with Crippen LogP contribution in [-0.4, -0.2) is 44.3 Å². The number of nitrogens with one attached hydrogen (secondary N) is 1. The van der Waals surface area contributed by atoms with Crippen LogP contribution >= 0.6 is 0 Å². The van der Waals surface area contributed by atoms with E-state index >= 15 is 0 Å². The van der Waals surface area contributed by atoms with Crippen LogP contribution < -0.4 is 5.32 Å². The van der Waals surface area contributed by atoms with E-state index in [1.54, 1.807) is 0 Å². The average molecular weight is 248 g/mol. The summed E-state index contributed by atoms with van der Waals surface area (Å²) in [5.74, 6) is 0. The van der Waals surface area contributed by atoms with Gasteiger partial charge < -0.3 is 15.0 Å². The minimum atomic E-state index is 0.315. The largest absolute Gasteiger partial charge is 0.374 e. The quantitative estimate of drug-likeness (QED) is 0.882. The maximum atomic E-state index is 5.76. The van der Waals surface area contributed by atoms with Crippen molar-refractivity contribution in [1.82, 2.24) is 10.2 Å². The first-order valence-corrected chi connectivity index (χ1v) is 6.76. The number of likely N-dealkylation sites (N-methyl/N-ethyl adjacent to an activating group) is 1. The Morgan fingerprint density at radius 2 is 2.22 bits per heavy atom. The summed E-state index contributed by atoms with van der Waals surface area (Å²) in [7, 11) is 2.15. The van der Waals surface area contributed by atoms with Gasteiger partial charge in [0.15, 0.2) is 0 Å². The zero-order chi connectivity index (χ0) is 13.0.